The Labute approximate surface area is 101 Å². The zero-order valence-corrected chi connectivity index (χ0v) is 9.71. The van der Waals surface area contributed by atoms with Crippen LogP contribution in [0, 0.1) is 0 Å². The first-order valence-corrected chi connectivity index (χ1v) is 5.20. The molecular weight excluding hydrogens is 264 g/mol. The molecule has 2 rings (SSSR count). The van der Waals surface area contributed by atoms with Crippen LogP contribution in [0.25, 0.3) is 10.8 Å². The Morgan fingerprint density at radius 1 is 0.929 bits per heavy atom. The predicted octanol–water partition coefficient (Wildman–Crippen LogP) is 4.85. The van der Waals surface area contributed by atoms with Crippen LogP contribution < -0.4 is 0 Å². The molecule has 0 radical (unpaired) electrons. The van der Waals surface area contributed by atoms with Crippen LogP contribution in [0.15, 0.2) is 18.2 Å². The van der Waals surface area contributed by atoms with Crippen molar-refractivity contribution >= 4 is 57.2 Å². The van der Waals surface area contributed by atoms with Crippen LogP contribution in [0.5, 0.6) is 0 Å². The molecule has 0 amide bonds. The molecule has 0 aliphatic heterocycles. The molecular formula is C9H3Cl4N. The lowest BCUT2D eigenvalue weighted by molar-refractivity contribution is 1.36. The van der Waals surface area contributed by atoms with Crippen LogP contribution >= 0.6 is 46.4 Å². The van der Waals surface area contributed by atoms with E-state index in [9.17, 15) is 0 Å². The number of rotatable bonds is 0. The van der Waals surface area contributed by atoms with Gasteiger partial charge in [-0.3, -0.25) is 0 Å². The van der Waals surface area contributed by atoms with Gasteiger partial charge in [-0.2, -0.15) is 0 Å². The molecule has 1 heterocycles. The second kappa shape index (κ2) is 3.74. The number of halogens is 4. The van der Waals surface area contributed by atoms with Gasteiger partial charge in [-0.05, 0) is 23.6 Å². The molecule has 0 fully saturated rings. The maximum Gasteiger partial charge on any atom is 0.140 e. The van der Waals surface area contributed by atoms with Gasteiger partial charge in [0.1, 0.15) is 10.3 Å². The van der Waals surface area contributed by atoms with Gasteiger partial charge in [0.15, 0.2) is 0 Å². The minimum absolute atomic E-state index is 0.286. The maximum absolute atomic E-state index is 5.97. The highest BCUT2D eigenvalue weighted by molar-refractivity contribution is 6.43. The average Bonchev–Trinajstić information content (AvgIpc) is 1.99. The number of fused-ring (bicyclic) bond motifs is 1. The Morgan fingerprint density at radius 2 is 1.64 bits per heavy atom. The number of hydrogen-bond acceptors (Lipinski definition) is 1. The molecule has 0 saturated carbocycles. The Hall–Kier alpha value is -0.210. The zero-order valence-electron chi connectivity index (χ0n) is 6.69. The van der Waals surface area contributed by atoms with Gasteiger partial charge in [0.2, 0.25) is 0 Å². The SMILES string of the molecule is Clc1cc(Cl)c2c(Cl)nc(Cl)cc2c1. The van der Waals surface area contributed by atoms with Gasteiger partial charge < -0.3 is 0 Å². The van der Waals surface area contributed by atoms with Gasteiger partial charge in [0.25, 0.3) is 0 Å². The Morgan fingerprint density at radius 3 is 2.36 bits per heavy atom. The summed E-state index contributed by atoms with van der Waals surface area (Å²) in [7, 11) is 0. The minimum atomic E-state index is 0.286. The normalized spacial score (nSPS) is 10.9. The molecule has 72 valence electrons. The summed E-state index contributed by atoms with van der Waals surface area (Å²) >= 11 is 23.4. The average molecular weight is 267 g/mol. The van der Waals surface area contributed by atoms with Crippen LogP contribution in [0.4, 0.5) is 0 Å². The summed E-state index contributed by atoms with van der Waals surface area (Å²) in [5.41, 5.74) is 0. The van der Waals surface area contributed by atoms with Crippen LogP contribution in [0.1, 0.15) is 0 Å². The van der Waals surface area contributed by atoms with Gasteiger partial charge in [-0.25, -0.2) is 4.98 Å². The van der Waals surface area contributed by atoms with Gasteiger partial charge in [-0.15, -0.1) is 0 Å². The number of hydrogen-bond donors (Lipinski definition) is 0. The Kier molecular flexibility index (Phi) is 2.76. The van der Waals surface area contributed by atoms with Gasteiger partial charge in [-0.1, -0.05) is 46.4 Å². The number of nitrogens with zero attached hydrogens (tertiary/aromatic N) is 1. The lowest BCUT2D eigenvalue weighted by Gasteiger charge is -2.03. The third kappa shape index (κ3) is 1.78. The highest BCUT2D eigenvalue weighted by Crippen LogP contribution is 2.33. The van der Waals surface area contributed by atoms with Crippen molar-refractivity contribution in [1.82, 2.24) is 4.98 Å². The zero-order chi connectivity index (χ0) is 10.3. The Bertz CT molecular complexity index is 467. The van der Waals surface area contributed by atoms with Crippen molar-refractivity contribution in [3.63, 3.8) is 0 Å². The van der Waals surface area contributed by atoms with E-state index in [1.165, 1.54) is 0 Å². The topological polar surface area (TPSA) is 12.9 Å². The molecule has 0 N–H and O–H groups in total. The van der Waals surface area contributed by atoms with Crippen LogP contribution in [-0.4, -0.2) is 4.98 Å². The second-order valence-electron chi connectivity index (χ2n) is 2.72. The summed E-state index contributed by atoms with van der Waals surface area (Å²) in [6.45, 7) is 0. The highest BCUT2D eigenvalue weighted by Gasteiger charge is 2.08. The van der Waals surface area contributed by atoms with Crippen molar-refractivity contribution in [2.75, 3.05) is 0 Å². The van der Waals surface area contributed by atoms with E-state index >= 15 is 0 Å². The molecule has 1 nitrogen and oxygen atoms in total. The van der Waals surface area contributed by atoms with Crippen LogP contribution in [-0.2, 0) is 0 Å². The van der Waals surface area contributed by atoms with E-state index in [1.54, 1.807) is 18.2 Å². The fourth-order valence-corrected chi connectivity index (χ4v) is 2.43. The minimum Gasteiger partial charge on any atom is -0.224 e. The molecule has 0 aliphatic carbocycles. The molecule has 0 aliphatic rings. The van der Waals surface area contributed by atoms with Crippen molar-refractivity contribution in [3.8, 4) is 0 Å². The molecule has 1 aromatic heterocycles. The van der Waals surface area contributed by atoms with Gasteiger partial charge in [0, 0.05) is 10.4 Å². The first kappa shape index (κ1) is 10.3. The first-order chi connectivity index (χ1) is 6.58. The standard InChI is InChI=1S/C9H3Cl4N/c10-5-1-4-2-7(12)14-9(13)8(4)6(11)3-5/h1-3H. The van der Waals surface area contributed by atoms with E-state index < -0.39 is 0 Å². The van der Waals surface area contributed by atoms with Crippen LogP contribution in [0.3, 0.4) is 0 Å². The third-order valence-corrected chi connectivity index (χ3v) is 2.75. The van der Waals surface area contributed by atoms with E-state index in [1.807, 2.05) is 0 Å². The van der Waals surface area contributed by atoms with Gasteiger partial charge in [0.05, 0.1) is 5.02 Å². The quantitative estimate of drug-likeness (QED) is 0.622. The van der Waals surface area contributed by atoms with E-state index in [4.69, 9.17) is 46.4 Å². The smallest absolute Gasteiger partial charge is 0.140 e. The van der Waals surface area contributed by atoms with E-state index in [0.29, 0.717) is 20.6 Å². The van der Waals surface area contributed by atoms with Crippen molar-refractivity contribution in [2.45, 2.75) is 0 Å². The third-order valence-electron chi connectivity index (χ3n) is 1.77. The predicted molar refractivity (Wildman–Crippen MR) is 61.8 cm³/mol. The largest absolute Gasteiger partial charge is 0.224 e. The molecule has 1 aromatic carbocycles. The van der Waals surface area contributed by atoms with E-state index in [-0.39, 0.29) is 5.15 Å². The van der Waals surface area contributed by atoms with Crippen molar-refractivity contribution in [2.24, 2.45) is 0 Å². The molecule has 5 heteroatoms. The molecule has 0 saturated heterocycles. The fraction of sp³-hybridized carbons (Fsp3) is 0. The van der Waals surface area contributed by atoms with Gasteiger partial charge >= 0.3 is 0 Å². The molecule has 0 unspecified atom stereocenters. The van der Waals surface area contributed by atoms with Crippen molar-refractivity contribution < 1.29 is 0 Å². The summed E-state index contributed by atoms with van der Waals surface area (Å²) < 4.78 is 0. The molecule has 2 aromatic rings. The molecule has 14 heavy (non-hydrogen) atoms. The summed E-state index contributed by atoms with van der Waals surface area (Å²) in [6, 6.07) is 5.02. The maximum atomic E-state index is 5.97. The van der Waals surface area contributed by atoms with Crippen molar-refractivity contribution in [3.05, 3.63) is 38.6 Å². The number of benzene rings is 1. The monoisotopic (exact) mass is 265 g/mol. The second-order valence-corrected chi connectivity index (χ2v) is 4.31. The fourth-order valence-electron chi connectivity index (χ4n) is 1.24. The lowest BCUT2D eigenvalue weighted by atomic mass is 10.2. The first-order valence-electron chi connectivity index (χ1n) is 3.69. The summed E-state index contributed by atoms with van der Waals surface area (Å²) in [5, 5.41) is 3.08. The lowest BCUT2D eigenvalue weighted by Crippen LogP contribution is -1.82. The van der Waals surface area contributed by atoms with Crippen LogP contribution in [0.2, 0.25) is 20.4 Å². The van der Waals surface area contributed by atoms with Crippen molar-refractivity contribution in [1.29, 1.82) is 0 Å². The highest BCUT2D eigenvalue weighted by atomic mass is 35.5. The van der Waals surface area contributed by atoms with E-state index in [2.05, 4.69) is 4.98 Å². The summed E-state index contributed by atoms with van der Waals surface area (Å²) in [6.07, 6.45) is 0. The van der Waals surface area contributed by atoms with E-state index in [0.717, 1.165) is 5.39 Å². The number of pyridine rings is 1. The molecule has 0 bridgehead atoms. The Balaban J connectivity index is 2.94. The summed E-state index contributed by atoms with van der Waals surface area (Å²) in [5.74, 6) is 0. The number of aromatic nitrogens is 1. The summed E-state index contributed by atoms with van der Waals surface area (Å²) in [4.78, 5) is 3.90. The molecule has 0 atom stereocenters. The molecule has 0 spiro atoms.